The summed E-state index contributed by atoms with van der Waals surface area (Å²) in [4.78, 5) is 4.55. The highest BCUT2D eigenvalue weighted by molar-refractivity contribution is 7.98. The lowest BCUT2D eigenvalue weighted by molar-refractivity contribution is 0.305. The second-order valence-electron chi connectivity index (χ2n) is 6.25. The highest BCUT2D eigenvalue weighted by Gasteiger charge is 2.10. The zero-order valence-corrected chi connectivity index (χ0v) is 17.7. The third-order valence-corrected chi connectivity index (χ3v) is 5.80. The predicted octanol–water partition coefficient (Wildman–Crippen LogP) is 5.14. The van der Waals surface area contributed by atoms with Crippen LogP contribution in [0.15, 0.2) is 63.6 Å². The number of benzene rings is 2. The number of halogens is 1. The molecule has 4 rings (SSSR count). The average Bonchev–Trinajstić information content (AvgIpc) is 3.42. The molecular formula is C21H18FN3O3S2. The van der Waals surface area contributed by atoms with Gasteiger partial charge in [-0.25, -0.2) is 9.37 Å². The van der Waals surface area contributed by atoms with Crippen LogP contribution in [-0.4, -0.2) is 22.3 Å². The summed E-state index contributed by atoms with van der Waals surface area (Å²) in [6.07, 6.45) is 0.569. The molecule has 2 aromatic carbocycles. The van der Waals surface area contributed by atoms with Crippen LogP contribution >= 0.6 is 23.1 Å². The lowest BCUT2D eigenvalue weighted by Crippen LogP contribution is -1.95. The van der Waals surface area contributed by atoms with Crippen LogP contribution in [0.25, 0.3) is 0 Å². The Hall–Kier alpha value is -2.91. The van der Waals surface area contributed by atoms with Gasteiger partial charge >= 0.3 is 0 Å². The van der Waals surface area contributed by atoms with Crippen molar-refractivity contribution < 1.29 is 18.3 Å². The molecule has 30 heavy (non-hydrogen) atoms. The Morgan fingerprint density at radius 1 is 1.03 bits per heavy atom. The zero-order chi connectivity index (χ0) is 20.8. The summed E-state index contributed by atoms with van der Waals surface area (Å²) in [5, 5.41) is 11.5. The SMILES string of the molecule is COc1ccc(Cc2nnc(SCc3csc(COc4ccc(F)cc4)n3)o2)cc1. The van der Waals surface area contributed by atoms with Crippen molar-refractivity contribution in [3.05, 3.63) is 81.9 Å². The summed E-state index contributed by atoms with van der Waals surface area (Å²) in [6.45, 7) is 0.341. The number of thiazole rings is 1. The maximum Gasteiger partial charge on any atom is 0.276 e. The number of ether oxygens (including phenoxy) is 2. The molecule has 0 saturated carbocycles. The van der Waals surface area contributed by atoms with E-state index >= 15 is 0 Å². The van der Waals surface area contributed by atoms with Gasteiger partial charge in [0.2, 0.25) is 5.89 Å². The first-order valence-corrected chi connectivity index (χ1v) is 10.9. The normalized spacial score (nSPS) is 10.9. The van der Waals surface area contributed by atoms with Gasteiger partial charge in [0.05, 0.1) is 19.2 Å². The highest BCUT2D eigenvalue weighted by atomic mass is 32.2. The largest absolute Gasteiger partial charge is 0.497 e. The van der Waals surface area contributed by atoms with Gasteiger partial charge in [0.1, 0.15) is 28.9 Å². The minimum atomic E-state index is -0.288. The van der Waals surface area contributed by atoms with Gasteiger partial charge in [-0.05, 0) is 42.0 Å². The number of aromatic nitrogens is 3. The minimum absolute atomic E-state index is 0.288. The number of thioether (sulfide) groups is 1. The molecule has 0 aliphatic carbocycles. The third-order valence-electron chi connectivity index (χ3n) is 4.08. The van der Waals surface area contributed by atoms with Crippen LogP contribution in [0.1, 0.15) is 22.2 Å². The molecule has 0 N–H and O–H groups in total. The van der Waals surface area contributed by atoms with Crippen molar-refractivity contribution in [3.63, 3.8) is 0 Å². The van der Waals surface area contributed by atoms with Crippen molar-refractivity contribution >= 4 is 23.1 Å². The summed E-state index contributed by atoms with van der Waals surface area (Å²) in [5.74, 6) is 2.32. The van der Waals surface area contributed by atoms with Gasteiger partial charge in [0, 0.05) is 11.1 Å². The lowest BCUT2D eigenvalue weighted by Gasteiger charge is -2.03. The summed E-state index contributed by atoms with van der Waals surface area (Å²) < 4.78 is 29.4. The number of hydrogen-bond acceptors (Lipinski definition) is 8. The average molecular weight is 444 g/mol. The van der Waals surface area contributed by atoms with Gasteiger partial charge < -0.3 is 13.9 Å². The Balaban J connectivity index is 1.26. The number of rotatable bonds is 9. The molecule has 4 aromatic rings. The van der Waals surface area contributed by atoms with Crippen molar-refractivity contribution in [2.75, 3.05) is 7.11 Å². The van der Waals surface area contributed by atoms with Crippen LogP contribution in [-0.2, 0) is 18.8 Å². The van der Waals surface area contributed by atoms with Gasteiger partial charge in [-0.2, -0.15) is 0 Å². The summed E-state index contributed by atoms with van der Waals surface area (Å²) >= 11 is 2.96. The molecule has 0 fully saturated rings. The van der Waals surface area contributed by atoms with Crippen molar-refractivity contribution in [1.29, 1.82) is 0 Å². The van der Waals surface area contributed by atoms with E-state index in [0.717, 1.165) is 22.0 Å². The molecule has 0 amide bonds. The minimum Gasteiger partial charge on any atom is -0.497 e. The van der Waals surface area contributed by atoms with E-state index in [2.05, 4.69) is 15.2 Å². The Kier molecular flexibility index (Phi) is 6.60. The second-order valence-corrected chi connectivity index (χ2v) is 8.12. The molecule has 0 aliphatic rings. The first kappa shape index (κ1) is 20.4. The van der Waals surface area contributed by atoms with E-state index < -0.39 is 0 Å². The first-order valence-electron chi connectivity index (χ1n) is 9.08. The van der Waals surface area contributed by atoms with Gasteiger partial charge in [-0.15, -0.1) is 21.5 Å². The maximum absolute atomic E-state index is 12.9. The Morgan fingerprint density at radius 3 is 2.57 bits per heavy atom. The van der Waals surface area contributed by atoms with Crippen LogP contribution < -0.4 is 9.47 Å². The molecule has 0 saturated heterocycles. The smallest absolute Gasteiger partial charge is 0.276 e. The lowest BCUT2D eigenvalue weighted by atomic mass is 10.1. The Labute approximate surface area is 181 Å². The standard InChI is InChI=1S/C21H18FN3O3S2/c1-26-17-6-2-14(3-7-17)10-19-24-25-21(28-19)30-13-16-12-29-20(23-16)11-27-18-8-4-15(22)5-9-18/h2-9,12H,10-11,13H2,1H3. The summed E-state index contributed by atoms with van der Waals surface area (Å²) in [7, 11) is 1.64. The van der Waals surface area contributed by atoms with Gasteiger partial charge in [0.15, 0.2) is 0 Å². The molecule has 9 heteroatoms. The molecule has 0 bridgehead atoms. The van der Waals surface area contributed by atoms with Crippen LogP contribution in [0.4, 0.5) is 4.39 Å². The van der Waals surface area contributed by atoms with Crippen molar-refractivity contribution in [3.8, 4) is 11.5 Å². The van der Waals surface area contributed by atoms with E-state index in [1.165, 1.54) is 35.2 Å². The molecule has 2 aromatic heterocycles. The van der Waals surface area contributed by atoms with E-state index in [9.17, 15) is 4.39 Å². The third kappa shape index (κ3) is 5.58. The van der Waals surface area contributed by atoms with Crippen molar-refractivity contribution in [2.24, 2.45) is 0 Å². The van der Waals surface area contributed by atoms with E-state index in [1.54, 1.807) is 19.2 Å². The first-order chi connectivity index (χ1) is 14.7. The van der Waals surface area contributed by atoms with Crippen molar-refractivity contribution in [1.82, 2.24) is 15.2 Å². The molecular weight excluding hydrogens is 425 g/mol. The van der Waals surface area contributed by atoms with Crippen LogP contribution in [0.3, 0.4) is 0 Å². The van der Waals surface area contributed by atoms with E-state index in [1.807, 2.05) is 29.6 Å². The van der Waals surface area contributed by atoms with E-state index in [0.29, 0.717) is 35.6 Å². The number of nitrogens with zero attached hydrogens (tertiary/aromatic N) is 3. The monoisotopic (exact) mass is 443 g/mol. The van der Waals surface area contributed by atoms with Crippen LogP contribution in [0, 0.1) is 5.82 Å². The Bertz CT molecular complexity index is 1080. The molecule has 154 valence electrons. The molecule has 0 spiro atoms. The topological polar surface area (TPSA) is 70.3 Å². The molecule has 2 heterocycles. The summed E-state index contributed by atoms with van der Waals surface area (Å²) in [6, 6.07) is 13.7. The number of methoxy groups -OCH3 is 1. The second kappa shape index (κ2) is 9.73. The van der Waals surface area contributed by atoms with Gasteiger partial charge in [-0.1, -0.05) is 23.9 Å². The number of hydrogen-bond donors (Lipinski definition) is 0. The van der Waals surface area contributed by atoms with E-state index in [-0.39, 0.29) is 5.82 Å². The zero-order valence-electron chi connectivity index (χ0n) is 16.1. The molecule has 0 unspecified atom stereocenters. The molecule has 6 nitrogen and oxygen atoms in total. The Morgan fingerprint density at radius 2 is 1.80 bits per heavy atom. The fourth-order valence-corrected chi connectivity index (χ4v) is 4.06. The highest BCUT2D eigenvalue weighted by Crippen LogP contribution is 2.24. The molecule has 0 aliphatic heterocycles. The fourth-order valence-electron chi connectivity index (χ4n) is 2.58. The van der Waals surface area contributed by atoms with E-state index in [4.69, 9.17) is 13.9 Å². The molecule has 0 atom stereocenters. The molecule has 0 radical (unpaired) electrons. The quantitative estimate of drug-likeness (QED) is 0.332. The van der Waals surface area contributed by atoms with Gasteiger partial charge in [-0.3, -0.25) is 0 Å². The predicted molar refractivity (Wildman–Crippen MR) is 113 cm³/mol. The van der Waals surface area contributed by atoms with Crippen LogP contribution in [0.5, 0.6) is 11.5 Å². The maximum atomic E-state index is 12.9. The van der Waals surface area contributed by atoms with Gasteiger partial charge in [0.25, 0.3) is 5.22 Å². The van der Waals surface area contributed by atoms with Crippen LogP contribution in [0.2, 0.25) is 0 Å². The summed E-state index contributed by atoms with van der Waals surface area (Å²) in [5.41, 5.74) is 1.99. The van der Waals surface area contributed by atoms with Crippen molar-refractivity contribution in [2.45, 2.75) is 24.0 Å². The fraction of sp³-hybridized carbons (Fsp3) is 0.190.